The normalized spacial score (nSPS) is 10.9. The summed E-state index contributed by atoms with van der Waals surface area (Å²) in [5.41, 5.74) is 3.05. The average molecular weight is 433 g/mol. The largest absolute Gasteiger partial charge is 0.483 e. The van der Waals surface area contributed by atoms with Gasteiger partial charge in [0, 0.05) is 17.8 Å². The molecule has 1 amide bonds. The number of carbonyl (C=O) groups is 1. The summed E-state index contributed by atoms with van der Waals surface area (Å²) in [6.07, 6.45) is 7.72. The number of anilines is 1. The molecule has 0 aromatic heterocycles. The van der Waals surface area contributed by atoms with E-state index in [4.69, 9.17) is 4.74 Å². The van der Waals surface area contributed by atoms with E-state index in [0.717, 1.165) is 35.7 Å². The number of ether oxygens (including phenoxy) is 1. The van der Waals surface area contributed by atoms with Gasteiger partial charge in [-0.3, -0.25) is 4.79 Å². The number of unbranched alkanes of at least 4 members (excludes halogenated alkanes) is 5. The molecule has 0 aliphatic carbocycles. The van der Waals surface area contributed by atoms with Crippen LogP contribution in [0.5, 0.6) is 5.75 Å². The molecule has 0 aliphatic rings. The first kappa shape index (κ1) is 23.8. The summed E-state index contributed by atoms with van der Waals surface area (Å²) >= 11 is 0. The number of nitrogens with one attached hydrogen (secondary N) is 2. The molecule has 0 fully saturated rings. The zero-order chi connectivity index (χ0) is 22.6. The van der Waals surface area contributed by atoms with Crippen molar-refractivity contribution in [2.45, 2.75) is 58.9 Å². The van der Waals surface area contributed by atoms with E-state index in [-0.39, 0.29) is 12.5 Å². The van der Waals surface area contributed by atoms with Gasteiger partial charge in [0.1, 0.15) is 5.75 Å². The monoisotopic (exact) mass is 432 g/mol. The van der Waals surface area contributed by atoms with Gasteiger partial charge in [-0.25, -0.2) is 0 Å². The lowest BCUT2D eigenvalue weighted by Crippen LogP contribution is -2.21. The summed E-state index contributed by atoms with van der Waals surface area (Å²) in [6.45, 7) is 5.97. The third kappa shape index (κ3) is 7.38. The molecule has 0 bridgehead atoms. The number of carbonyl (C=O) groups excluding carboxylic acids is 1. The van der Waals surface area contributed by atoms with Crippen LogP contribution in [0.25, 0.3) is 10.8 Å². The van der Waals surface area contributed by atoms with E-state index in [0.29, 0.717) is 0 Å². The summed E-state index contributed by atoms with van der Waals surface area (Å²) < 4.78 is 5.97. The molecule has 4 heteroatoms. The van der Waals surface area contributed by atoms with Crippen molar-refractivity contribution in [3.63, 3.8) is 0 Å². The highest BCUT2D eigenvalue weighted by molar-refractivity contribution is 5.92. The molecule has 0 saturated carbocycles. The van der Waals surface area contributed by atoms with E-state index in [1.165, 1.54) is 49.3 Å². The van der Waals surface area contributed by atoms with Crippen molar-refractivity contribution < 1.29 is 9.53 Å². The lowest BCUT2D eigenvalue weighted by Gasteiger charge is -2.15. The highest BCUT2D eigenvalue weighted by Gasteiger charge is 2.11. The molecule has 4 nitrogen and oxygen atoms in total. The summed E-state index contributed by atoms with van der Waals surface area (Å²) in [5, 5.41) is 8.82. The van der Waals surface area contributed by atoms with Gasteiger partial charge >= 0.3 is 0 Å². The van der Waals surface area contributed by atoms with Gasteiger partial charge in [0.15, 0.2) is 6.61 Å². The molecule has 0 atom stereocenters. The van der Waals surface area contributed by atoms with Crippen molar-refractivity contribution in [3.05, 3.63) is 71.8 Å². The minimum atomic E-state index is -0.159. The van der Waals surface area contributed by atoms with E-state index < -0.39 is 0 Å². The zero-order valence-corrected chi connectivity index (χ0v) is 19.5. The van der Waals surface area contributed by atoms with Crippen molar-refractivity contribution in [3.8, 4) is 5.75 Å². The second-order valence-electron chi connectivity index (χ2n) is 8.41. The Morgan fingerprint density at radius 3 is 2.44 bits per heavy atom. The average Bonchev–Trinajstić information content (AvgIpc) is 2.81. The standard InChI is InChI=1S/C28H36N2O2/c1-3-4-5-6-7-10-19-29-20-26-25-12-9-8-11-23(25)15-18-27(26)32-21-28(31)30-24-16-13-22(2)14-17-24/h8-9,11-18,29H,3-7,10,19-21H2,1-2H3,(H,30,31). The van der Waals surface area contributed by atoms with Gasteiger partial charge in [-0.1, -0.05) is 87.1 Å². The third-order valence-corrected chi connectivity index (χ3v) is 5.70. The van der Waals surface area contributed by atoms with Crippen LogP contribution in [0, 0.1) is 6.92 Å². The molecule has 0 unspecified atom stereocenters. The van der Waals surface area contributed by atoms with Crippen LogP contribution in [0.1, 0.15) is 56.6 Å². The van der Waals surface area contributed by atoms with Gasteiger partial charge in [0.05, 0.1) is 0 Å². The number of hydrogen-bond donors (Lipinski definition) is 2. The Morgan fingerprint density at radius 1 is 0.875 bits per heavy atom. The van der Waals surface area contributed by atoms with Crippen LogP contribution in [-0.2, 0) is 11.3 Å². The van der Waals surface area contributed by atoms with Crippen LogP contribution in [-0.4, -0.2) is 19.1 Å². The Labute approximate surface area is 192 Å². The van der Waals surface area contributed by atoms with Crippen molar-refractivity contribution in [2.75, 3.05) is 18.5 Å². The van der Waals surface area contributed by atoms with Gasteiger partial charge in [-0.05, 0) is 48.9 Å². The van der Waals surface area contributed by atoms with Crippen molar-refractivity contribution >= 4 is 22.4 Å². The van der Waals surface area contributed by atoms with Crippen LogP contribution in [0.4, 0.5) is 5.69 Å². The van der Waals surface area contributed by atoms with E-state index in [1.807, 2.05) is 49.4 Å². The SMILES string of the molecule is CCCCCCCCNCc1c(OCC(=O)Nc2ccc(C)cc2)ccc2ccccc12. The molecule has 3 aromatic carbocycles. The van der Waals surface area contributed by atoms with Gasteiger partial charge in [0.25, 0.3) is 5.91 Å². The number of aryl methyl sites for hydroxylation is 1. The molecular weight excluding hydrogens is 396 g/mol. The minimum absolute atomic E-state index is 0.0172. The van der Waals surface area contributed by atoms with Crippen LogP contribution >= 0.6 is 0 Å². The van der Waals surface area contributed by atoms with Gasteiger partial charge in [0.2, 0.25) is 0 Å². The van der Waals surface area contributed by atoms with Crippen LogP contribution in [0.2, 0.25) is 0 Å². The first-order valence-electron chi connectivity index (χ1n) is 11.9. The maximum absolute atomic E-state index is 12.4. The first-order chi connectivity index (χ1) is 15.7. The number of rotatable bonds is 13. The van der Waals surface area contributed by atoms with E-state index in [9.17, 15) is 4.79 Å². The second kappa shape index (κ2) is 12.9. The minimum Gasteiger partial charge on any atom is -0.483 e. The molecule has 0 radical (unpaired) electrons. The van der Waals surface area contributed by atoms with Crippen molar-refractivity contribution in [2.24, 2.45) is 0 Å². The smallest absolute Gasteiger partial charge is 0.262 e. The quantitative estimate of drug-likeness (QED) is 0.299. The van der Waals surface area contributed by atoms with Gasteiger partial charge in [-0.2, -0.15) is 0 Å². The summed E-state index contributed by atoms with van der Waals surface area (Å²) in [5.74, 6) is 0.603. The lowest BCUT2D eigenvalue weighted by molar-refractivity contribution is -0.118. The predicted molar refractivity (Wildman–Crippen MR) is 134 cm³/mol. The fourth-order valence-corrected chi connectivity index (χ4v) is 3.85. The fraction of sp³-hybridized carbons (Fsp3) is 0.393. The Hall–Kier alpha value is -2.85. The number of benzene rings is 3. The lowest BCUT2D eigenvalue weighted by atomic mass is 10.0. The summed E-state index contributed by atoms with van der Waals surface area (Å²) in [7, 11) is 0. The maximum Gasteiger partial charge on any atom is 0.262 e. The molecule has 0 saturated heterocycles. The predicted octanol–water partition coefficient (Wildman–Crippen LogP) is 6.62. The van der Waals surface area contributed by atoms with E-state index in [2.05, 4.69) is 35.8 Å². The van der Waals surface area contributed by atoms with Crippen LogP contribution in [0.3, 0.4) is 0 Å². The zero-order valence-electron chi connectivity index (χ0n) is 19.5. The number of amides is 1. The van der Waals surface area contributed by atoms with E-state index in [1.54, 1.807) is 0 Å². The molecule has 2 N–H and O–H groups in total. The maximum atomic E-state index is 12.4. The molecule has 3 rings (SSSR count). The molecule has 0 spiro atoms. The Morgan fingerprint density at radius 2 is 1.62 bits per heavy atom. The fourth-order valence-electron chi connectivity index (χ4n) is 3.85. The molecule has 3 aromatic rings. The van der Waals surface area contributed by atoms with Gasteiger partial charge in [-0.15, -0.1) is 0 Å². The molecule has 0 heterocycles. The molecular formula is C28H36N2O2. The molecule has 0 aliphatic heterocycles. The van der Waals surface area contributed by atoms with Crippen molar-refractivity contribution in [1.82, 2.24) is 5.32 Å². The van der Waals surface area contributed by atoms with Crippen LogP contribution < -0.4 is 15.4 Å². The first-order valence-corrected chi connectivity index (χ1v) is 11.9. The highest BCUT2D eigenvalue weighted by atomic mass is 16.5. The molecule has 32 heavy (non-hydrogen) atoms. The van der Waals surface area contributed by atoms with Gasteiger partial charge < -0.3 is 15.4 Å². The summed E-state index contributed by atoms with van der Waals surface area (Å²) in [4.78, 5) is 12.4. The number of fused-ring (bicyclic) bond motifs is 1. The topological polar surface area (TPSA) is 50.4 Å². The third-order valence-electron chi connectivity index (χ3n) is 5.70. The van der Waals surface area contributed by atoms with E-state index >= 15 is 0 Å². The Bertz CT molecular complexity index is 982. The van der Waals surface area contributed by atoms with Crippen molar-refractivity contribution in [1.29, 1.82) is 0 Å². The Balaban J connectivity index is 1.58. The molecule has 170 valence electrons. The summed E-state index contributed by atoms with van der Waals surface area (Å²) in [6, 6.07) is 20.1. The Kier molecular flexibility index (Phi) is 9.58. The second-order valence-corrected chi connectivity index (χ2v) is 8.41. The highest BCUT2D eigenvalue weighted by Crippen LogP contribution is 2.28. The van der Waals surface area contributed by atoms with Crippen LogP contribution in [0.15, 0.2) is 60.7 Å². The number of hydrogen-bond acceptors (Lipinski definition) is 3.